The fourth-order valence-electron chi connectivity index (χ4n) is 3.73. The number of fused-ring (bicyclic) bond motifs is 1. The molecule has 1 fully saturated rings. The molecule has 3 heterocycles. The van der Waals surface area contributed by atoms with Crippen LogP contribution in [0.5, 0.6) is 0 Å². The number of aromatic nitrogens is 4. The molecule has 3 aromatic heterocycles. The van der Waals surface area contributed by atoms with E-state index >= 15 is 0 Å². The Hall–Kier alpha value is -3.12. The molecule has 28 heavy (non-hydrogen) atoms. The number of halogens is 2. The van der Waals surface area contributed by atoms with E-state index in [0.717, 1.165) is 25.2 Å². The van der Waals surface area contributed by atoms with Crippen molar-refractivity contribution < 1.29 is 13.9 Å². The lowest BCUT2D eigenvalue weighted by Crippen LogP contribution is -2.40. The van der Waals surface area contributed by atoms with Crippen LogP contribution in [-0.2, 0) is 0 Å². The van der Waals surface area contributed by atoms with Crippen molar-refractivity contribution in [2.24, 2.45) is 0 Å². The third-order valence-electron chi connectivity index (χ3n) is 5.05. The molecule has 0 radical (unpaired) electrons. The fourth-order valence-corrected chi connectivity index (χ4v) is 3.73. The van der Waals surface area contributed by atoms with Gasteiger partial charge in [-0.3, -0.25) is 0 Å². The predicted octanol–water partition coefficient (Wildman–Crippen LogP) is 3.30. The van der Waals surface area contributed by atoms with Crippen molar-refractivity contribution in [1.82, 2.24) is 19.9 Å². The minimum Gasteiger partial charge on any atom is -0.389 e. The largest absolute Gasteiger partial charge is 0.389 e. The lowest BCUT2D eigenvalue weighted by Gasteiger charge is -2.35. The van der Waals surface area contributed by atoms with E-state index in [1.165, 1.54) is 6.07 Å². The summed E-state index contributed by atoms with van der Waals surface area (Å²) in [6.45, 7) is 0. The molecule has 7 nitrogen and oxygen atoms in total. The Morgan fingerprint density at radius 1 is 1.36 bits per heavy atom. The number of anilines is 1. The second-order valence-electron chi connectivity index (χ2n) is 7.14. The summed E-state index contributed by atoms with van der Waals surface area (Å²) in [5, 5.41) is 22.9. The average Bonchev–Trinajstić information content (AvgIpc) is 3.06. The van der Waals surface area contributed by atoms with Gasteiger partial charge in [-0.2, -0.15) is 5.26 Å². The second kappa shape index (κ2) is 7.13. The van der Waals surface area contributed by atoms with Gasteiger partial charge >= 0.3 is 0 Å². The van der Waals surface area contributed by atoms with E-state index in [4.69, 9.17) is 5.26 Å². The first-order chi connectivity index (χ1) is 13.5. The number of rotatable bonds is 4. The smallest absolute Gasteiger partial charge is 0.183 e. The Morgan fingerprint density at radius 3 is 3.04 bits per heavy atom. The molecule has 144 valence electrons. The minimum absolute atomic E-state index is 0.00919. The van der Waals surface area contributed by atoms with Crippen molar-refractivity contribution in [1.29, 1.82) is 5.26 Å². The first-order valence-electron chi connectivity index (χ1n) is 8.99. The Bertz CT molecular complexity index is 1060. The number of H-pyrrole nitrogens is 1. The number of nitrogens with zero attached hydrogens (tertiary/aromatic N) is 4. The van der Waals surface area contributed by atoms with Crippen molar-refractivity contribution in [2.75, 3.05) is 5.32 Å². The quantitative estimate of drug-likeness (QED) is 0.637. The van der Waals surface area contributed by atoms with Crippen molar-refractivity contribution >= 4 is 16.9 Å². The number of pyridine rings is 1. The molecule has 3 aromatic rings. The maximum Gasteiger partial charge on any atom is 0.183 e. The molecule has 9 heteroatoms. The molecule has 3 N–H and O–H groups in total. The van der Waals surface area contributed by atoms with E-state index in [1.807, 2.05) is 6.07 Å². The van der Waals surface area contributed by atoms with Gasteiger partial charge in [-0.25, -0.2) is 23.7 Å². The molecule has 0 aromatic carbocycles. The molecule has 0 amide bonds. The van der Waals surface area contributed by atoms with Crippen LogP contribution in [0.1, 0.15) is 32.1 Å². The summed E-state index contributed by atoms with van der Waals surface area (Å²) in [7, 11) is 0. The molecule has 0 bridgehead atoms. The molecule has 1 aliphatic rings. The summed E-state index contributed by atoms with van der Waals surface area (Å²) in [6, 6.07) is 3.11. The Kier molecular flexibility index (Phi) is 4.65. The van der Waals surface area contributed by atoms with Crippen molar-refractivity contribution in [3.8, 4) is 17.5 Å². The molecular weight excluding hydrogens is 366 g/mol. The maximum atomic E-state index is 14.3. The van der Waals surface area contributed by atoms with Gasteiger partial charge in [0.05, 0.1) is 30.5 Å². The monoisotopic (exact) mass is 384 g/mol. The molecule has 0 saturated heterocycles. The van der Waals surface area contributed by atoms with Gasteiger partial charge < -0.3 is 15.4 Å². The van der Waals surface area contributed by atoms with Gasteiger partial charge in [0.15, 0.2) is 17.5 Å². The number of nitriles is 1. The number of hydrogen-bond donors (Lipinski definition) is 3. The van der Waals surface area contributed by atoms with Crippen molar-refractivity contribution in [3.05, 3.63) is 36.3 Å². The van der Waals surface area contributed by atoms with Crippen LogP contribution in [0.2, 0.25) is 0 Å². The number of nitrogens with one attached hydrogen (secondary N) is 2. The van der Waals surface area contributed by atoms with Gasteiger partial charge in [-0.1, -0.05) is 0 Å². The first-order valence-corrected chi connectivity index (χ1v) is 8.99. The molecule has 0 aliphatic heterocycles. The van der Waals surface area contributed by atoms with Gasteiger partial charge in [0.1, 0.15) is 11.5 Å². The van der Waals surface area contributed by atoms with Gasteiger partial charge in [0, 0.05) is 23.2 Å². The van der Waals surface area contributed by atoms with Crippen LogP contribution in [0, 0.1) is 23.0 Å². The summed E-state index contributed by atoms with van der Waals surface area (Å²) < 4.78 is 27.9. The fraction of sp³-hybridized carbons (Fsp3) is 0.368. The van der Waals surface area contributed by atoms with Crippen LogP contribution in [-0.4, -0.2) is 36.7 Å². The van der Waals surface area contributed by atoms with E-state index in [2.05, 4.69) is 25.3 Å². The summed E-state index contributed by atoms with van der Waals surface area (Å²) in [6.07, 6.45) is 6.13. The molecule has 2 atom stereocenters. The van der Waals surface area contributed by atoms with E-state index in [9.17, 15) is 13.9 Å². The lowest BCUT2D eigenvalue weighted by molar-refractivity contribution is 0.00444. The normalized spacial score (nSPS) is 22.1. The molecule has 4 rings (SSSR count). The van der Waals surface area contributed by atoms with Crippen LogP contribution >= 0.6 is 0 Å². The summed E-state index contributed by atoms with van der Waals surface area (Å²) in [5.41, 5.74) is -0.0841. The summed E-state index contributed by atoms with van der Waals surface area (Å²) in [4.78, 5) is 15.2. The van der Waals surface area contributed by atoms with E-state index in [-0.39, 0.29) is 24.1 Å². The van der Waals surface area contributed by atoms with Crippen LogP contribution in [0.15, 0.2) is 24.7 Å². The van der Waals surface area contributed by atoms with E-state index in [1.54, 1.807) is 6.20 Å². The van der Waals surface area contributed by atoms with Gasteiger partial charge in [0.2, 0.25) is 0 Å². The highest BCUT2D eigenvalue weighted by Gasteiger charge is 2.34. The molecular formula is C19H18F2N6O. The average molecular weight is 384 g/mol. The van der Waals surface area contributed by atoms with Crippen LogP contribution in [0.4, 0.5) is 14.6 Å². The molecule has 1 aliphatic carbocycles. The lowest BCUT2D eigenvalue weighted by atomic mass is 9.80. The Balaban J connectivity index is 1.62. The van der Waals surface area contributed by atoms with Gasteiger partial charge in [-0.05, 0) is 31.7 Å². The van der Waals surface area contributed by atoms with Gasteiger partial charge in [-0.15, -0.1) is 0 Å². The van der Waals surface area contributed by atoms with E-state index in [0.29, 0.717) is 29.4 Å². The predicted molar refractivity (Wildman–Crippen MR) is 98.1 cm³/mol. The first kappa shape index (κ1) is 18.3. The zero-order valence-electron chi connectivity index (χ0n) is 14.9. The summed E-state index contributed by atoms with van der Waals surface area (Å²) >= 11 is 0. The van der Waals surface area contributed by atoms with Crippen molar-refractivity contribution in [2.45, 2.75) is 43.7 Å². The number of hydrogen-bond acceptors (Lipinski definition) is 6. The number of aromatic amines is 1. The Labute approximate surface area is 159 Å². The Morgan fingerprint density at radius 2 is 2.21 bits per heavy atom. The molecule has 1 unspecified atom stereocenters. The van der Waals surface area contributed by atoms with Crippen LogP contribution in [0.25, 0.3) is 22.4 Å². The number of aliphatic hydroxyl groups is 1. The zero-order chi connectivity index (χ0) is 19.7. The topological polar surface area (TPSA) is 111 Å². The highest BCUT2D eigenvalue weighted by atomic mass is 19.1. The van der Waals surface area contributed by atoms with Crippen LogP contribution in [0.3, 0.4) is 0 Å². The van der Waals surface area contributed by atoms with Crippen LogP contribution < -0.4 is 5.32 Å². The second-order valence-corrected chi connectivity index (χ2v) is 7.14. The molecule has 0 spiro atoms. The standard InChI is InChI=1S/C19H18F2N6O/c20-11-6-13-14(9-24-16(13)23-8-11)17-25-10-15(21)18(27-17)26-12-2-1-3-19(28,7-12)4-5-22/h6,8-10,12,28H,1-4,7H2,(H,23,24)(H,25,26,27)/t12-,19?/m0/s1. The van der Waals surface area contributed by atoms with E-state index < -0.39 is 17.2 Å². The molecule has 1 saturated carbocycles. The third-order valence-corrected chi connectivity index (χ3v) is 5.05. The SMILES string of the molecule is N#CCC1(O)CCC[C@H](Nc2nc(-c3c[nH]c4ncc(F)cc34)ncc2F)C1. The third kappa shape index (κ3) is 3.51. The minimum atomic E-state index is -1.07. The zero-order valence-corrected chi connectivity index (χ0v) is 14.9. The highest BCUT2D eigenvalue weighted by molar-refractivity contribution is 5.91. The highest BCUT2D eigenvalue weighted by Crippen LogP contribution is 2.33. The van der Waals surface area contributed by atoms with Crippen molar-refractivity contribution in [3.63, 3.8) is 0 Å². The maximum absolute atomic E-state index is 14.3. The summed E-state index contributed by atoms with van der Waals surface area (Å²) in [5.74, 6) is -0.879. The van der Waals surface area contributed by atoms with Gasteiger partial charge in [0.25, 0.3) is 0 Å².